The molecule has 0 aromatic carbocycles. The average Bonchev–Trinajstić information content (AvgIpc) is 3.31. The van der Waals surface area contributed by atoms with Crippen LogP contribution in [-0.2, 0) is 14.4 Å². The third-order valence-electron chi connectivity index (χ3n) is 5.07. The van der Waals surface area contributed by atoms with E-state index >= 15 is 0 Å². The number of furan rings is 1. The van der Waals surface area contributed by atoms with E-state index in [4.69, 9.17) is 16.6 Å². The fourth-order valence-corrected chi connectivity index (χ4v) is 4.84. The number of likely N-dealkylation sites (tertiary alicyclic amines) is 1. The molecule has 2 aliphatic rings. The molecular weight excluding hydrogens is 412 g/mol. The Morgan fingerprint density at radius 2 is 2.14 bits per heavy atom. The summed E-state index contributed by atoms with van der Waals surface area (Å²) >= 11 is 6.58. The summed E-state index contributed by atoms with van der Waals surface area (Å²) in [4.78, 5) is 39.9. The maximum absolute atomic E-state index is 12.5. The molecule has 29 heavy (non-hydrogen) atoms. The quantitative estimate of drug-likeness (QED) is 0.379. The molecule has 156 valence electrons. The van der Waals surface area contributed by atoms with Crippen LogP contribution in [0, 0.1) is 0 Å². The highest BCUT2D eigenvalue weighted by atomic mass is 32.2. The van der Waals surface area contributed by atoms with Crippen molar-refractivity contribution in [2.24, 2.45) is 0 Å². The van der Waals surface area contributed by atoms with Crippen molar-refractivity contribution in [3.8, 4) is 0 Å². The average molecular weight is 437 g/mol. The zero-order chi connectivity index (χ0) is 20.8. The van der Waals surface area contributed by atoms with Crippen LogP contribution in [0.1, 0.15) is 50.7 Å². The number of carbonyl (C=O) groups is 3. The fourth-order valence-electron chi connectivity index (χ4n) is 3.55. The van der Waals surface area contributed by atoms with Crippen LogP contribution in [0.5, 0.6) is 0 Å². The van der Waals surface area contributed by atoms with Gasteiger partial charge in [0, 0.05) is 25.6 Å². The van der Waals surface area contributed by atoms with Crippen LogP contribution < -0.4 is 0 Å². The van der Waals surface area contributed by atoms with Crippen molar-refractivity contribution >= 4 is 52.2 Å². The first-order valence-electron chi connectivity index (χ1n) is 9.78. The second kappa shape index (κ2) is 10.1. The monoisotopic (exact) mass is 436 g/mol. The number of nitrogens with zero attached hydrogens (tertiary/aromatic N) is 2. The molecular formula is C20H24N2O5S2. The van der Waals surface area contributed by atoms with Crippen LogP contribution in [0.3, 0.4) is 0 Å². The fraction of sp³-hybridized carbons (Fsp3) is 0.500. The molecule has 0 radical (unpaired) electrons. The lowest BCUT2D eigenvalue weighted by molar-refractivity contribution is -0.152. The van der Waals surface area contributed by atoms with Gasteiger partial charge in [0.15, 0.2) is 0 Å². The minimum atomic E-state index is -0.921. The number of hydrogen-bond acceptors (Lipinski definition) is 6. The molecule has 1 atom stereocenters. The van der Waals surface area contributed by atoms with E-state index in [1.165, 1.54) is 16.7 Å². The van der Waals surface area contributed by atoms with Gasteiger partial charge in [-0.15, -0.1) is 0 Å². The number of rotatable bonds is 8. The van der Waals surface area contributed by atoms with E-state index in [0.717, 1.165) is 25.7 Å². The highest BCUT2D eigenvalue weighted by molar-refractivity contribution is 8.26. The normalized spacial score (nSPS) is 21.2. The SMILES string of the molecule is O=C(O)C1CCCCN1C(=O)CCCCCN1C(=O)/C(=C/c2ccco2)SC1=S. The van der Waals surface area contributed by atoms with E-state index in [0.29, 0.717) is 47.3 Å². The van der Waals surface area contributed by atoms with Crippen LogP contribution in [0.15, 0.2) is 27.7 Å². The Morgan fingerprint density at radius 3 is 2.86 bits per heavy atom. The number of amides is 2. The Hall–Kier alpha value is -2.13. The van der Waals surface area contributed by atoms with Gasteiger partial charge in [-0.2, -0.15) is 0 Å². The van der Waals surface area contributed by atoms with Gasteiger partial charge >= 0.3 is 5.97 Å². The largest absolute Gasteiger partial charge is 0.480 e. The number of thiocarbonyl (C=S) groups is 1. The molecule has 2 fully saturated rings. The molecule has 1 N–H and O–H groups in total. The van der Waals surface area contributed by atoms with Gasteiger partial charge in [-0.1, -0.05) is 30.4 Å². The van der Waals surface area contributed by atoms with Crippen molar-refractivity contribution in [1.82, 2.24) is 9.80 Å². The summed E-state index contributed by atoms with van der Waals surface area (Å²) in [5.41, 5.74) is 0. The summed E-state index contributed by atoms with van der Waals surface area (Å²) in [6.45, 7) is 1.03. The number of piperidine rings is 1. The lowest BCUT2D eigenvalue weighted by atomic mass is 10.0. The first-order valence-corrected chi connectivity index (χ1v) is 11.0. The van der Waals surface area contributed by atoms with Gasteiger partial charge in [0.05, 0.1) is 11.2 Å². The predicted octanol–water partition coefficient (Wildman–Crippen LogP) is 3.51. The molecule has 0 spiro atoms. The standard InChI is InChI=1S/C20H24N2O5S2/c23-17(21-10-5-3-8-15(21)19(25)26)9-2-1-4-11-22-18(24)16(29-20(22)28)13-14-7-6-12-27-14/h6-7,12-13,15H,1-5,8-11H2,(H,25,26)/b16-13-. The molecule has 1 aromatic rings. The van der Waals surface area contributed by atoms with Gasteiger partial charge in [-0.25, -0.2) is 4.79 Å². The van der Waals surface area contributed by atoms with Crippen LogP contribution in [0.25, 0.3) is 6.08 Å². The van der Waals surface area contributed by atoms with E-state index in [9.17, 15) is 19.5 Å². The Balaban J connectivity index is 1.41. The molecule has 9 heteroatoms. The predicted molar refractivity (Wildman–Crippen MR) is 114 cm³/mol. The second-order valence-corrected chi connectivity index (χ2v) is 8.77. The molecule has 2 amide bonds. The summed E-state index contributed by atoms with van der Waals surface area (Å²) in [6, 6.07) is 2.85. The number of carboxylic acid groups (broad SMARTS) is 1. The molecule has 0 aliphatic carbocycles. The Labute approximate surface area is 179 Å². The van der Waals surface area contributed by atoms with E-state index in [1.54, 1.807) is 29.4 Å². The number of carboxylic acids is 1. The third-order valence-corrected chi connectivity index (χ3v) is 6.45. The van der Waals surface area contributed by atoms with Gasteiger partial charge in [0.1, 0.15) is 16.1 Å². The first kappa shape index (κ1) is 21.6. The first-order chi connectivity index (χ1) is 14.0. The maximum Gasteiger partial charge on any atom is 0.326 e. The Bertz CT molecular complexity index is 806. The van der Waals surface area contributed by atoms with Crippen LogP contribution in [0.4, 0.5) is 0 Å². The molecule has 3 heterocycles. The minimum absolute atomic E-state index is 0.0934. The lowest BCUT2D eigenvalue weighted by Gasteiger charge is -2.33. The molecule has 1 aromatic heterocycles. The van der Waals surface area contributed by atoms with Gasteiger partial charge in [-0.3, -0.25) is 14.5 Å². The third kappa shape index (κ3) is 5.48. The molecule has 0 saturated carbocycles. The zero-order valence-electron chi connectivity index (χ0n) is 16.0. The molecule has 1 unspecified atom stereocenters. The minimum Gasteiger partial charge on any atom is -0.480 e. The summed E-state index contributed by atoms with van der Waals surface area (Å²) in [6.07, 6.45) is 7.97. The highest BCUT2D eigenvalue weighted by Crippen LogP contribution is 2.32. The number of hydrogen-bond donors (Lipinski definition) is 1. The topological polar surface area (TPSA) is 91.1 Å². The van der Waals surface area contributed by atoms with Crippen molar-refractivity contribution in [3.05, 3.63) is 29.1 Å². The lowest BCUT2D eigenvalue weighted by Crippen LogP contribution is -2.47. The second-order valence-electron chi connectivity index (χ2n) is 7.10. The van der Waals surface area contributed by atoms with Gasteiger partial charge < -0.3 is 14.4 Å². The van der Waals surface area contributed by atoms with E-state index in [2.05, 4.69) is 0 Å². The van der Waals surface area contributed by atoms with E-state index in [1.807, 2.05) is 0 Å². The summed E-state index contributed by atoms with van der Waals surface area (Å²) in [7, 11) is 0. The molecule has 2 aliphatic heterocycles. The van der Waals surface area contributed by atoms with Crippen molar-refractivity contribution in [1.29, 1.82) is 0 Å². The number of unbranched alkanes of at least 4 members (excludes halogenated alkanes) is 2. The van der Waals surface area contributed by atoms with Crippen molar-refractivity contribution in [2.75, 3.05) is 13.1 Å². The highest BCUT2D eigenvalue weighted by Gasteiger charge is 2.32. The molecule has 7 nitrogen and oxygen atoms in total. The van der Waals surface area contributed by atoms with Gasteiger partial charge in [0.25, 0.3) is 5.91 Å². The summed E-state index contributed by atoms with van der Waals surface area (Å²) < 4.78 is 5.77. The van der Waals surface area contributed by atoms with Crippen molar-refractivity contribution in [3.63, 3.8) is 0 Å². The number of carbonyl (C=O) groups excluding carboxylic acids is 2. The molecule has 0 bridgehead atoms. The van der Waals surface area contributed by atoms with E-state index in [-0.39, 0.29) is 11.8 Å². The maximum atomic E-state index is 12.5. The van der Waals surface area contributed by atoms with Crippen LogP contribution in [-0.4, -0.2) is 56.1 Å². The van der Waals surface area contributed by atoms with E-state index < -0.39 is 12.0 Å². The van der Waals surface area contributed by atoms with Crippen molar-refractivity contribution in [2.45, 2.75) is 51.0 Å². The van der Waals surface area contributed by atoms with Crippen LogP contribution >= 0.6 is 24.0 Å². The summed E-state index contributed by atoms with van der Waals surface area (Å²) in [5.74, 6) is -0.523. The zero-order valence-corrected chi connectivity index (χ0v) is 17.7. The Morgan fingerprint density at radius 1 is 1.31 bits per heavy atom. The number of thioether (sulfide) groups is 1. The van der Waals surface area contributed by atoms with Crippen molar-refractivity contribution < 1.29 is 23.9 Å². The Kier molecular flexibility index (Phi) is 7.49. The van der Waals surface area contributed by atoms with Crippen LogP contribution in [0.2, 0.25) is 0 Å². The van der Waals surface area contributed by atoms with Gasteiger partial charge in [0.2, 0.25) is 5.91 Å². The number of aliphatic carboxylic acids is 1. The molecule has 2 saturated heterocycles. The summed E-state index contributed by atoms with van der Waals surface area (Å²) in [5, 5.41) is 9.28. The van der Waals surface area contributed by atoms with Gasteiger partial charge in [-0.05, 0) is 44.2 Å². The molecule has 3 rings (SSSR count). The smallest absolute Gasteiger partial charge is 0.326 e.